The third-order valence-corrected chi connectivity index (χ3v) is 5.52. The summed E-state index contributed by atoms with van der Waals surface area (Å²) in [7, 11) is 0. The number of rotatable bonds is 5. The molecule has 2 heterocycles. The lowest BCUT2D eigenvalue weighted by Crippen LogP contribution is -2.52. The van der Waals surface area contributed by atoms with Gasteiger partial charge in [-0.2, -0.15) is 0 Å². The van der Waals surface area contributed by atoms with E-state index in [-0.39, 0.29) is 5.82 Å². The van der Waals surface area contributed by atoms with Crippen molar-refractivity contribution in [3.63, 3.8) is 0 Å². The van der Waals surface area contributed by atoms with Crippen LogP contribution in [0.25, 0.3) is 0 Å². The Balaban J connectivity index is 1.52. The van der Waals surface area contributed by atoms with Crippen molar-refractivity contribution in [3.05, 3.63) is 30.1 Å². The van der Waals surface area contributed by atoms with Crippen LogP contribution in [0.5, 0.6) is 0 Å². The average molecular weight is 378 g/mol. The van der Waals surface area contributed by atoms with Gasteiger partial charge >= 0.3 is 0 Å². The fourth-order valence-electron chi connectivity index (χ4n) is 3.79. The smallest absolute Gasteiger partial charge is 0.191 e. The van der Waals surface area contributed by atoms with E-state index in [1.807, 2.05) is 12.1 Å². The van der Waals surface area contributed by atoms with Crippen LogP contribution in [0, 0.1) is 11.7 Å². The molecule has 2 aliphatic heterocycles. The number of aliphatic imine (C=N–C) groups is 1. The molecule has 2 aliphatic rings. The lowest BCUT2D eigenvalue weighted by Gasteiger charge is -2.38. The van der Waals surface area contributed by atoms with Crippen molar-refractivity contribution in [2.24, 2.45) is 16.6 Å². The van der Waals surface area contributed by atoms with Crippen LogP contribution in [-0.2, 0) is 4.74 Å². The topological polar surface area (TPSA) is 57.3 Å². The van der Waals surface area contributed by atoms with E-state index < -0.39 is 0 Å². The molecule has 27 heavy (non-hydrogen) atoms. The van der Waals surface area contributed by atoms with Crippen LogP contribution < -0.4 is 10.6 Å². The van der Waals surface area contributed by atoms with Crippen LogP contribution in [0.15, 0.2) is 29.3 Å². The molecule has 1 unspecified atom stereocenters. The molecule has 7 heteroatoms. The van der Waals surface area contributed by atoms with Gasteiger partial charge in [-0.15, -0.1) is 0 Å². The molecule has 1 atom stereocenters. The van der Waals surface area contributed by atoms with Crippen molar-refractivity contribution >= 4 is 11.6 Å². The summed E-state index contributed by atoms with van der Waals surface area (Å²) in [6.07, 6.45) is 0. The SMILES string of the molecule is CC(C)C(CN=C(N)N1CCN(c2ccc(F)cc2)CC1)N1CCOCC1. The maximum atomic E-state index is 13.1. The number of hydrogen-bond acceptors (Lipinski definition) is 4. The molecule has 0 bridgehead atoms. The van der Waals surface area contributed by atoms with Crippen molar-refractivity contribution in [3.8, 4) is 0 Å². The third-order valence-electron chi connectivity index (χ3n) is 5.52. The number of anilines is 1. The second-order valence-electron chi connectivity index (χ2n) is 7.61. The normalized spacial score (nSPS) is 21.0. The Bertz CT molecular complexity index is 607. The standard InChI is InChI=1S/C20H32FN5O/c1-16(2)19(25-11-13-27-14-12-25)15-23-20(22)26-9-7-24(8-10-26)18-5-3-17(21)4-6-18/h3-6,16,19H,7-15H2,1-2H3,(H2,22,23). The van der Waals surface area contributed by atoms with E-state index in [9.17, 15) is 4.39 Å². The maximum Gasteiger partial charge on any atom is 0.191 e. The minimum atomic E-state index is -0.200. The van der Waals surface area contributed by atoms with Gasteiger partial charge in [-0.1, -0.05) is 13.8 Å². The van der Waals surface area contributed by atoms with E-state index in [1.165, 1.54) is 12.1 Å². The second-order valence-corrected chi connectivity index (χ2v) is 7.61. The predicted octanol–water partition coefficient (Wildman–Crippen LogP) is 1.62. The zero-order valence-corrected chi connectivity index (χ0v) is 16.5. The molecule has 3 rings (SSSR count). The number of morpholine rings is 1. The number of nitrogens with two attached hydrogens (primary N) is 1. The van der Waals surface area contributed by atoms with Gasteiger partial charge in [0.1, 0.15) is 5.82 Å². The molecule has 0 amide bonds. The van der Waals surface area contributed by atoms with E-state index in [1.54, 1.807) is 0 Å². The molecule has 0 aromatic heterocycles. The molecule has 150 valence electrons. The molecule has 2 N–H and O–H groups in total. The highest BCUT2D eigenvalue weighted by atomic mass is 19.1. The Hall–Kier alpha value is -1.86. The number of ether oxygens (including phenoxy) is 1. The second kappa shape index (κ2) is 9.37. The van der Waals surface area contributed by atoms with E-state index >= 15 is 0 Å². The number of nitrogens with zero attached hydrogens (tertiary/aromatic N) is 4. The zero-order chi connectivity index (χ0) is 19.2. The molecule has 6 nitrogen and oxygen atoms in total. The van der Waals surface area contributed by atoms with Crippen molar-refractivity contribution in [1.29, 1.82) is 0 Å². The first-order chi connectivity index (χ1) is 13.0. The summed E-state index contributed by atoms with van der Waals surface area (Å²) in [5.74, 6) is 0.955. The Morgan fingerprint density at radius 3 is 2.30 bits per heavy atom. The van der Waals surface area contributed by atoms with Gasteiger partial charge in [0, 0.05) is 51.0 Å². The third kappa shape index (κ3) is 5.32. The molecular weight excluding hydrogens is 345 g/mol. The maximum absolute atomic E-state index is 13.1. The Morgan fingerprint density at radius 1 is 1.07 bits per heavy atom. The van der Waals surface area contributed by atoms with Gasteiger partial charge in [0.15, 0.2) is 5.96 Å². The highest BCUT2D eigenvalue weighted by Gasteiger charge is 2.24. The summed E-state index contributed by atoms with van der Waals surface area (Å²) in [4.78, 5) is 11.6. The summed E-state index contributed by atoms with van der Waals surface area (Å²) < 4.78 is 18.6. The summed E-state index contributed by atoms with van der Waals surface area (Å²) in [6, 6.07) is 7.08. The lowest BCUT2D eigenvalue weighted by molar-refractivity contribution is 0.00864. The number of guanidine groups is 1. The Labute approximate surface area is 161 Å². The first kappa shape index (κ1) is 19.9. The highest BCUT2D eigenvalue weighted by molar-refractivity contribution is 5.78. The van der Waals surface area contributed by atoms with Gasteiger partial charge in [0.05, 0.1) is 19.8 Å². The summed E-state index contributed by atoms with van der Waals surface area (Å²) in [6.45, 7) is 12.1. The predicted molar refractivity (Wildman–Crippen MR) is 108 cm³/mol. The van der Waals surface area contributed by atoms with Gasteiger partial charge in [-0.3, -0.25) is 9.89 Å². The molecule has 0 aliphatic carbocycles. The molecule has 0 saturated carbocycles. The number of piperazine rings is 1. The molecule has 1 aromatic rings. The van der Waals surface area contributed by atoms with Crippen molar-refractivity contribution < 1.29 is 9.13 Å². The van der Waals surface area contributed by atoms with Crippen molar-refractivity contribution in [1.82, 2.24) is 9.80 Å². The van der Waals surface area contributed by atoms with E-state index in [4.69, 9.17) is 15.5 Å². The van der Waals surface area contributed by atoms with Crippen LogP contribution >= 0.6 is 0 Å². The van der Waals surface area contributed by atoms with Gasteiger partial charge in [-0.25, -0.2) is 4.39 Å². The Morgan fingerprint density at radius 2 is 1.70 bits per heavy atom. The Kier molecular flexibility index (Phi) is 6.90. The molecular formula is C20H32FN5O. The van der Waals surface area contributed by atoms with Crippen LogP contribution in [-0.4, -0.2) is 80.8 Å². The molecule has 1 aromatic carbocycles. The zero-order valence-electron chi connectivity index (χ0n) is 16.5. The fourth-order valence-corrected chi connectivity index (χ4v) is 3.79. The fraction of sp³-hybridized carbons (Fsp3) is 0.650. The quantitative estimate of drug-likeness (QED) is 0.624. The van der Waals surface area contributed by atoms with Crippen molar-refractivity contribution in [2.75, 3.05) is 63.9 Å². The van der Waals surface area contributed by atoms with E-state index in [0.29, 0.717) is 17.9 Å². The van der Waals surface area contributed by atoms with Gasteiger partial charge in [0.2, 0.25) is 0 Å². The monoisotopic (exact) mass is 377 g/mol. The largest absolute Gasteiger partial charge is 0.379 e. The molecule has 0 spiro atoms. The molecule has 2 saturated heterocycles. The summed E-state index contributed by atoms with van der Waals surface area (Å²) in [5, 5.41) is 0. The molecule has 2 fully saturated rings. The minimum Gasteiger partial charge on any atom is -0.379 e. The number of benzene rings is 1. The number of hydrogen-bond donors (Lipinski definition) is 1. The highest BCUT2D eigenvalue weighted by Crippen LogP contribution is 2.17. The lowest BCUT2D eigenvalue weighted by atomic mass is 10.0. The van der Waals surface area contributed by atoms with Gasteiger partial charge in [0.25, 0.3) is 0 Å². The van der Waals surface area contributed by atoms with Crippen LogP contribution in [0.1, 0.15) is 13.8 Å². The van der Waals surface area contributed by atoms with E-state index in [2.05, 4.69) is 28.5 Å². The number of halogens is 1. The van der Waals surface area contributed by atoms with Gasteiger partial charge < -0.3 is 20.3 Å². The average Bonchev–Trinajstić information content (AvgIpc) is 2.69. The van der Waals surface area contributed by atoms with E-state index in [0.717, 1.165) is 64.7 Å². The van der Waals surface area contributed by atoms with Gasteiger partial charge in [-0.05, 0) is 30.2 Å². The van der Waals surface area contributed by atoms with Crippen molar-refractivity contribution in [2.45, 2.75) is 19.9 Å². The van der Waals surface area contributed by atoms with Crippen LogP contribution in [0.4, 0.5) is 10.1 Å². The molecule has 0 radical (unpaired) electrons. The first-order valence-electron chi connectivity index (χ1n) is 9.92. The first-order valence-corrected chi connectivity index (χ1v) is 9.92. The summed E-state index contributed by atoms with van der Waals surface area (Å²) in [5.41, 5.74) is 7.35. The minimum absolute atomic E-state index is 0.200. The van der Waals surface area contributed by atoms with Crippen LogP contribution in [0.3, 0.4) is 0 Å². The summed E-state index contributed by atoms with van der Waals surface area (Å²) >= 11 is 0. The van der Waals surface area contributed by atoms with Crippen LogP contribution in [0.2, 0.25) is 0 Å².